The molecule has 0 unspecified atom stereocenters. The molecule has 2 heterocycles. The third-order valence-electron chi connectivity index (χ3n) is 4.51. The molecule has 2 fully saturated rings. The summed E-state index contributed by atoms with van der Waals surface area (Å²) in [5.74, 6) is -1.94. The second kappa shape index (κ2) is 6.81. The Morgan fingerprint density at radius 2 is 1.88 bits per heavy atom. The van der Waals surface area contributed by atoms with Gasteiger partial charge in [0.25, 0.3) is 0 Å². The van der Waals surface area contributed by atoms with Gasteiger partial charge in [0.1, 0.15) is 29.2 Å². The van der Waals surface area contributed by atoms with Gasteiger partial charge in [-0.25, -0.2) is 4.79 Å². The number of amides is 2. The van der Waals surface area contributed by atoms with E-state index in [1.54, 1.807) is 13.8 Å². The molecule has 0 aliphatic carbocycles. The molecule has 0 spiro atoms. The molecule has 1 aromatic rings. The van der Waals surface area contributed by atoms with Gasteiger partial charge in [0.2, 0.25) is 11.8 Å². The van der Waals surface area contributed by atoms with Gasteiger partial charge in [-0.05, 0) is 31.5 Å². The fourth-order valence-electron chi connectivity index (χ4n) is 3.22. The van der Waals surface area contributed by atoms with E-state index in [-0.39, 0.29) is 13.2 Å². The van der Waals surface area contributed by atoms with Crippen LogP contribution in [0.1, 0.15) is 32.9 Å². The number of rotatable bonds is 4. The number of benzene rings is 1. The molecule has 0 radical (unpaired) electrons. The van der Waals surface area contributed by atoms with Gasteiger partial charge in [-0.1, -0.05) is 19.6 Å². The van der Waals surface area contributed by atoms with Crippen molar-refractivity contribution in [3.8, 4) is 5.75 Å². The molecule has 2 aliphatic heterocycles. The number of carbonyl (C=O) groups is 3. The fourth-order valence-corrected chi connectivity index (χ4v) is 4.85. The highest BCUT2D eigenvalue weighted by Crippen LogP contribution is 2.50. The molecule has 4 atom stereocenters. The zero-order valence-electron chi connectivity index (χ0n) is 13.7. The minimum Gasteiger partial charge on any atom is -0.508 e. The molecule has 2 saturated heterocycles. The van der Waals surface area contributed by atoms with E-state index < -0.39 is 46.0 Å². The molecule has 3 rings (SSSR count). The summed E-state index contributed by atoms with van der Waals surface area (Å²) in [6.07, 6.45) is 0. The van der Waals surface area contributed by atoms with Crippen molar-refractivity contribution in [2.24, 2.45) is 5.73 Å². The van der Waals surface area contributed by atoms with Gasteiger partial charge in [-0.15, -0.1) is 11.8 Å². The first kappa shape index (κ1) is 20.1. The van der Waals surface area contributed by atoms with Crippen molar-refractivity contribution in [1.29, 1.82) is 0 Å². The number of β-lactam (4-membered cyclic amide) rings is 1. The Hall–Kier alpha value is -2.26. The topological polar surface area (TPSA) is 133 Å². The highest BCUT2D eigenvalue weighted by atomic mass is 32.2. The number of aliphatic carboxylic acids is 1. The van der Waals surface area contributed by atoms with Crippen LogP contribution >= 0.6 is 11.8 Å². The van der Waals surface area contributed by atoms with Gasteiger partial charge < -0.3 is 26.2 Å². The van der Waals surface area contributed by atoms with Crippen LogP contribution in [-0.4, -0.2) is 55.1 Å². The largest absolute Gasteiger partial charge is 0.508 e. The van der Waals surface area contributed by atoms with Gasteiger partial charge in [0.15, 0.2) is 0 Å². The maximum absolute atomic E-state index is 12.3. The standard InChI is InChI=1S/C16H19N3O5S.CH4/c1-16(2)11(15(23)24)19-13(22)10(14(19)25-16)18-12(21)9(17)7-3-5-8(20)6-4-7;/h3-6,9-11,14,20H,17H2,1-2H3,(H,18,21)(H,23,24);1H4/t9-,10-,11+,14-;/m1./s1. The Morgan fingerprint density at radius 1 is 1.31 bits per heavy atom. The lowest BCUT2D eigenvalue weighted by atomic mass is 9.95. The lowest BCUT2D eigenvalue weighted by Gasteiger charge is -2.43. The Balaban J connectivity index is 0.00000243. The van der Waals surface area contributed by atoms with Gasteiger partial charge in [0, 0.05) is 4.75 Å². The minimum absolute atomic E-state index is 0. The first-order valence-electron chi connectivity index (χ1n) is 7.71. The number of carboxylic acids is 1. The first-order chi connectivity index (χ1) is 11.6. The highest BCUT2D eigenvalue weighted by molar-refractivity contribution is 8.01. The van der Waals surface area contributed by atoms with Crippen molar-refractivity contribution in [1.82, 2.24) is 10.2 Å². The first-order valence-corrected chi connectivity index (χ1v) is 8.59. The molecule has 142 valence electrons. The van der Waals surface area contributed by atoms with Crippen LogP contribution in [0.5, 0.6) is 5.75 Å². The number of nitrogens with one attached hydrogen (secondary N) is 1. The summed E-state index contributed by atoms with van der Waals surface area (Å²) in [6.45, 7) is 3.53. The van der Waals surface area contributed by atoms with Crippen LogP contribution in [0.4, 0.5) is 0 Å². The van der Waals surface area contributed by atoms with Gasteiger partial charge in [-0.2, -0.15) is 0 Å². The lowest BCUT2D eigenvalue weighted by molar-refractivity contribution is -0.161. The number of aromatic hydroxyl groups is 1. The molecule has 2 aliphatic rings. The predicted molar refractivity (Wildman–Crippen MR) is 97.4 cm³/mol. The van der Waals surface area contributed by atoms with Crippen LogP contribution < -0.4 is 11.1 Å². The zero-order chi connectivity index (χ0) is 18.5. The van der Waals surface area contributed by atoms with E-state index in [1.165, 1.54) is 40.9 Å². The van der Waals surface area contributed by atoms with Crippen LogP contribution in [0.25, 0.3) is 0 Å². The van der Waals surface area contributed by atoms with Crippen molar-refractivity contribution < 1.29 is 24.6 Å². The Morgan fingerprint density at radius 3 is 2.42 bits per heavy atom. The van der Waals surface area contributed by atoms with Crippen LogP contribution in [0.2, 0.25) is 0 Å². The van der Waals surface area contributed by atoms with Crippen LogP contribution in [-0.2, 0) is 14.4 Å². The van der Waals surface area contributed by atoms with Gasteiger partial charge in [-0.3, -0.25) is 9.59 Å². The maximum atomic E-state index is 12.3. The fraction of sp³-hybridized carbons (Fsp3) is 0.471. The number of nitrogens with zero attached hydrogens (tertiary/aromatic N) is 1. The molecule has 2 amide bonds. The third kappa shape index (κ3) is 3.12. The number of carbonyl (C=O) groups excluding carboxylic acids is 2. The smallest absolute Gasteiger partial charge is 0.327 e. The van der Waals surface area contributed by atoms with Crippen LogP contribution in [0, 0.1) is 0 Å². The Labute approximate surface area is 155 Å². The summed E-state index contributed by atoms with van der Waals surface area (Å²) in [6, 6.07) is 3.21. The molecule has 0 bridgehead atoms. The quantitative estimate of drug-likeness (QED) is 0.563. The summed E-state index contributed by atoms with van der Waals surface area (Å²) >= 11 is 1.35. The molecule has 5 N–H and O–H groups in total. The van der Waals surface area contributed by atoms with E-state index in [2.05, 4.69) is 5.32 Å². The van der Waals surface area contributed by atoms with E-state index in [0.717, 1.165) is 0 Å². The third-order valence-corrected chi connectivity index (χ3v) is 6.08. The summed E-state index contributed by atoms with van der Waals surface area (Å²) in [5, 5.41) is 20.9. The SMILES string of the molecule is C.CC1(C)S[C@@H]2[C@H](NC(=O)[C@H](N)c3ccc(O)cc3)C(=O)N2[C@H]1C(=O)O. The average molecular weight is 381 g/mol. The van der Waals surface area contributed by atoms with Crippen molar-refractivity contribution in [3.05, 3.63) is 29.8 Å². The number of phenolic OH excluding ortho intramolecular Hbond substituents is 1. The van der Waals surface area contributed by atoms with Crippen molar-refractivity contribution in [2.45, 2.75) is 49.5 Å². The molecular formula is C17H23N3O5S. The maximum Gasteiger partial charge on any atom is 0.327 e. The number of carboxylic acid groups (broad SMARTS) is 1. The summed E-state index contributed by atoms with van der Waals surface area (Å²) in [7, 11) is 0. The minimum atomic E-state index is -1.06. The lowest BCUT2D eigenvalue weighted by Crippen LogP contribution is -2.71. The second-order valence-electron chi connectivity index (χ2n) is 6.65. The molecule has 9 heteroatoms. The van der Waals surface area contributed by atoms with Gasteiger partial charge >= 0.3 is 5.97 Å². The van der Waals surface area contributed by atoms with E-state index in [1.807, 2.05) is 0 Å². The molecule has 1 aromatic carbocycles. The molecular weight excluding hydrogens is 358 g/mol. The normalized spacial score (nSPS) is 27.0. The van der Waals surface area contributed by atoms with Gasteiger partial charge in [0.05, 0.1) is 0 Å². The Kier molecular flexibility index (Phi) is 5.25. The zero-order valence-corrected chi connectivity index (χ0v) is 14.5. The van der Waals surface area contributed by atoms with Crippen molar-refractivity contribution in [2.75, 3.05) is 0 Å². The molecule has 26 heavy (non-hydrogen) atoms. The summed E-state index contributed by atoms with van der Waals surface area (Å²) < 4.78 is -0.648. The van der Waals surface area contributed by atoms with Crippen molar-refractivity contribution >= 4 is 29.5 Å². The molecule has 8 nitrogen and oxygen atoms in total. The van der Waals surface area contributed by atoms with E-state index in [9.17, 15) is 24.6 Å². The van der Waals surface area contributed by atoms with Crippen LogP contribution in [0.3, 0.4) is 0 Å². The Bertz CT molecular complexity index is 736. The average Bonchev–Trinajstić information content (AvgIpc) is 2.80. The number of fused-ring (bicyclic) bond motifs is 1. The monoisotopic (exact) mass is 381 g/mol. The summed E-state index contributed by atoms with van der Waals surface area (Å²) in [4.78, 5) is 37.5. The van der Waals surface area contributed by atoms with Crippen molar-refractivity contribution in [3.63, 3.8) is 0 Å². The van der Waals surface area contributed by atoms with E-state index in [4.69, 9.17) is 5.73 Å². The highest BCUT2D eigenvalue weighted by Gasteiger charge is 2.64. The predicted octanol–water partition coefficient (Wildman–Crippen LogP) is 0.660. The number of hydrogen-bond donors (Lipinski definition) is 4. The number of hydrogen-bond acceptors (Lipinski definition) is 6. The summed E-state index contributed by atoms with van der Waals surface area (Å²) in [5.41, 5.74) is 6.41. The second-order valence-corrected chi connectivity index (χ2v) is 8.42. The van der Waals surface area contributed by atoms with E-state index >= 15 is 0 Å². The number of nitrogens with two attached hydrogens (primary N) is 1. The van der Waals surface area contributed by atoms with Crippen LogP contribution in [0.15, 0.2) is 24.3 Å². The van der Waals surface area contributed by atoms with E-state index in [0.29, 0.717) is 5.56 Å². The molecule has 0 saturated carbocycles. The number of thioether (sulfide) groups is 1. The molecule has 0 aromatic heterocycles. The number of phenols is 1.